The van der Waals surface area contributed by atoms with Crippen LogP contribution >= 0.6 is 0 Å². The van der Waals surface area contributed by atoms with Gasteiger partial charge in [0.15, 0.2) is 0 Å². The van der Waals surface area contributed by atoms with Crippen molar-refractivity contribution in [1.82, 2.24) is 5.32 Å². The van der Waals surface area contributed by atoms with Gasteiger partial charge >= 0.3 is 0 Å². The fraction of sp³-hybridized carbons (Fsp3) is 0.818. The van der Waals surface area contributed by atoms with Gasteiger partial charge in [0.05, 0.1) is 6.26 Å². The van der Waals surface area contributed by atoms with Crippen LogP contribution in [-0.4, -0.2) is 34.9 Å². The Morgan fingerprint density at radius 1 is 1.67 bits per heavy atom. The van der Waals surface area contributed by atoms with Gasteiger partial charge < -0.3 is 10.1 Å². The minimum Gasteiger partial charge on any atom is -0.497 e. The summed E-state index contributed by atoms with van der Waals surface area (Å²) in [6, 6.07) is 0. The van der Waals surface area contributed by atoms with E-state index in [0.717, 1.165) is 32.4 Å². The molecule has 0 amide bonds. The molecule has 0 aromatic rings. The Bertz CT molecular complexity index is 231. The standard InChI is InChI=1S/C11H21NO2S/c1-10(15(2)13)6-7-12-9-11-5-3-4-8-14-11/h4,8,10-12H,3,5-7,9H2,1-2H3. The molecule has 0 aromatic carbocycles. The summed E-state index contributed by atoms with van der Waals surface area (Å²) >= 11 is 0. The first-order valence-electron chi connectivity index (χ1n) is 5.53. The van der Waals surface area contributed by atoms with E-state index in [4.69, 9.17) is 4.74 Å². The molecule has 4 heteroatoms. The summed E-state index contributed by atoms with van der Waals surface area (Å²) in [5.74, 6) is 0. The first-order chi connectivity index (χ1) is 7.20. The number of ether oxygens (including phenoxy) is 1. The summed E-state index contributed by atoms with van der Waals surface area (Å²) in [6.07, 6.45) is 9.10. The molecule has 0 saturated carbocycles. The summed E-state index contributed by atoms with van der Waals surface area (Å²) in [5, 5.41) is 3.63. The van der Waals surface area contributed by atoms with Crippen molar-refractivity contribution < 1.29 is 8.95 Å². The minimum absolute atomic E-state index is 0.282. The highest BCUT2D eigenvalue weighted by atomic mass is 32.2. The minimum atomic E-state index is -0.701. The van der Waals surface area contributed by atoms with E-state index in [2.05, 4.69) is 11.4 Å². The van der Waals surface area contributed by atoms with Gasteiger partial charge in [0.1, 0.15) is 6.10 Å². The van der Waals surface area contributed by atoms with E-state index in [0.29, 0.717) is 6.10 Å². The van der Waals surface area contributed by atoms with Gasteiger partial charge in [-0.3, -0.25) is 4.21 Å². The highest BCUT2D eigenvalue weighted by Crippen LogP contribution is 2.08. The first kappa shape index (κ1) is 12.7. The van der Waals surface area contributed by atoms with E-state index >= 15 is 0 Å². The second-order valence-corrected chi connectivity index (χ2v) is 5.81. The topological polar surface area (TPSA) is 38.3 Å². The lowest BCUT2D eigenvalue weighted by Crippen LogP contribution is -2.31. The lowest BCUT2D eigenvalue weighted by atomic mass is 10.1. The lowest BCUT2D eigenvalue weighted by molar-refractivity contribution is 0.122. The molecule has 1 aliphatic heterocycles. The Labute approximate surface area is 94.7 Å². The average Bonchev–Trinajstić information content (AvgIpc) is 2.25. The van der Waals surface area contributed by atoms with E-state index in [9.17, 15) is 4.21 Å². The van der Waals surface area contributed by atoms with Gasteiger partial charge in [-0.05, 0) is 31.9 Å². The van der Waals surface area contributed by atoms with Gasteiger partial charge in [0, 0.05) is 28.9 Å². The van der Waals surface area contributed by atoms with Crippen LogP contribution in [0.4, 0.5) is 0 Å². The van der Waals surface area contributed by atoms with Crippen molar-refractivity contribution >= 4 is 10.8 Å². The molecule has 1 heterocycles. The van der Waals surface area contributed by atoms with Gasteiger partial charge in [-0.1, -0.05) is 6.92 Å². The van der Waals surface area contributed by atoms with Gasteiger partial charge in [0.25, 0.3) is 0 Å². The van der Waals surface area contributed by atoms with E-state index in [-0.39, 0.29) is 5.25 Å². The maximum atomic E-state index is 11.1. The smallest absolute Gasteiger partial charge is 0.110 e. The number of rotatable bonds is 6. The molecule has 0 saturated heterocycles. The van der Waals surface area contributed by atoms with Gasteiger partial charge in [-0.25, -0.2) is 0 Å². The van der Waals surface area contributed by atoms with Crippen molar-refractivity contribution in [3.63, 3.8) is 0 Å². The Kier molecular flexibility index (Phi) is 5.95. The average molecular weight is 231 g/mol. The third-order valence-electron chi connectivity index (χ3n) is 2.69. The number of nitrogens with one attached hydrogen (secondary N) is 1. The molecular formula is C11H21NO2S. The largest absolute Gasteiger partial charge is 0.497 e. The molecule has 0 fully saturated rings. The highest BCUT2D eigenvalue weighted by molar-refractivity contribution is 7.84. The summed E-state index contributed by atoms with van der Waals surface area (Å²) in [5.41, 5.74) is 0. The zero-order valence-corrected chi connectivity index (χ0v) is 10.4. The zero-order valence-electron chi connectivity index (χ0n) is 9.57. The molecule has 0 bridgehead atoms. The molecule has 15 heavy (non-hydrogen) atoms. The van der Waals surface area contributed by atoms with Crippen LogP contribution in [0.15, 0.2) is 12.3 Å². The molecule has 0 aromatic heterocycles. The second-order valence-electron chi connectivity index (χ2n) is 4.01. The van der Waals surface area contributed by atoms with Crippen molar-refractivity contribution in [1.29, 1.82) is 0 Å². The molecule has 0 spiro atoms. The van der Waals surface area contributed by atoms with Gasteiger partial charge in [-0.2, -0.15) is 0 Å². The molecular weight excluding hydrogens is 210 g/mol. The summed E-state index contributed by atoms with van der Waals surface area (Å²) in [6.45, 7) is 3.84. The van der Waals surface area contributed by atoms with Crippen LogP contribution in [0.3, 0.4) is 0 Å². The van der Waals surface area contributed by atoms with Gasteiger partial charge in [0.2, 0.25) is 0 Å². The second kappa shape index (κ2) is 7.01. The molecule has 0 radical (unpaired) electrons. The number of hydrogen-bond acceptors (Lipinski definition) is 3. The fourth-order valence-electron chi connectivity index (χ4n) is 1.47. The molecule has 3 atom stereocenters. The Hall–Kier alpha value is -0.350. The van der Waals surface area contributed by atoms with Crippen LogP contribution in [0, 0.1) is 0 Å². The predicted molar refractivity (Wildman–Crippen MR) is 64.3 cm³/mol. The Balaban J connectivity index is 2.01. The Morgan fingerprint density at radius 2 is 2.47 bits per heavy atom. The molecule has 0 aliphatic carbocycles. The zero-order chi connectivity index (χ0) is 11.1. The summed E-state index contributed by atoms with van der Waals surface area (Å²) in [4.78, 5) is 0. The maximum Gasteiger partial charge on any atom is 0.110 e. The van der Waals surface area contributed by atoms with Crippen molar-refractivity contribution in [3.8, 4) is 0 Å². The maximum absolute atomic E-state index is 11.1. The van der Waals surface area contributed by atoms with Crippen molar-refractivity contribution in [2.75, 3.05) is 19.3 Å². The molecule has 1 rings (SSSR count). The normalized spacial score (nSPS) is 24.5. The van der Waals surface area contributed by atoms with E-state index in [1.807, 2.05) is 6.92 Å². The SMILES string of the molecule is CC(CCNCC1CCC=CO1)S(C)=O. The van der Waals surface area contributed by atoms with Crippen LogP contribution in [0.1, 0.15) is 26.2 Å². The highest BCUT2D eigenvalue weighted by Gasteiger charge is 2.10. The number of allylic oxidation sites excluding steroid dienone is 1. The van der Waals surface area contributed by atoms with E-state index < -0.39 is 10.8 Å². The molecule has 3 unspecified atom stereocenters. The fourth-order valence-corrected chi connectivity index (χ4v) is 1.92. The molecule has 1 aliphatic rings. The van der Waals surface area contributed by atoms with Crippen molar-refractivity contribution in [3.05, 3.63) is 12.3 Å². The monoisotopic (exact) mass is 231 g/mol. The molecule has 88 valence electrons. The number of hydrogen-bond donors (Lipinski definition) is 1. The van der Waals surface area contributed by atoms with E-state index in [1.165, 1.54) is 0 Å². The third kappa shape index (κ3) is 5.33. The van der Waals surface area contributed by atoms with Crippen LogP contribution in [-0.2, 0) is 15.5 Å². The first-order valence-corrected chi connectivity index (χ1v) is 7.15. The third-order valence-corrected chi connectivity index (χ3v) is 4.06. The molecule has 3 nitrogen and oxygen atoms in total. The van der Waals surface area contributed by atoms with Crippen molar-refractivity contribution in [2.24, 2.45) is 0 Å². The van der Waals surface area contributed by atoms with E-state index in [1.54, 1.807) is 12.5 Å². The summed E-state index contributed by atoms with van der Waals surface area (Å²) in [7, 11) is -0.701. The van der Waals surface area contributed by atoms with Crippen LogP contribution in [0.2, 0.25) is 0 Å². The van der Waals surface area contributed by atoms with Crippen molar-refractivity contribution in [2.45, 2.75) is 37.5 Å². The van der Waals surface area contributed by atoms with Crippen LogP contribution in [0.5, 0.6) is 0 Å². The quantitative estimate of drug-likeness (QED) is 0.703. The van der Waals surface area contributed by atoms with Crippen LogP contribution < -0.4 is 5.32 Å². The Morgan fingerprint density at radius 3 is 3.07 bits per heavy atom. The predicted octanol–water partition coefficient (Wildman–Crippen LogP) is 1.43. The summed E-state index contributed by atoms with van der Waals surface area (Å²) < 4.78 is 16.5. The van der Waals surface area contributed by atoms with Gasteiger partial charge in [-0.15, -0.1) is 0 Å². The molecule has 1 N–H and O–H groups in total. The van der Waals surface area contributed by atoms with Crippen LogP contribution in [0.25, 0.3) is 0 Å². The lowest BCUT2D eigenvalue weighted by Gasteiger charge is -2.20.